The van der Waals surface area contributed by atoms with Gasteiger partial charge in [0.2, 0.25) is 5.91 Å². The van der Waals surface area contributed by atoms with Gasteiger partial charge in [0.25, 0.3) is 0 Å². The minimum atomic E-state index is -0.428. The lowest BCUT2D eigenvalue weighted by Gasteiger charge is -2.06. The Morgan fingerprint density at radius 2 is 1.97 bits per heavy atom. The van der Waals surface area contributed by atoms with Crippen LogP contribution in [0.5, 0.6) is 11.5 Å². The number of hydrogen-bond acceptors (Lipinski definition) is 6. The summed E-state index contributed by atoms with van der Waals surface area (Å²) in [6.07, 6.45) is 4.73. The number of aromatic hydroxyl groups is 1. The molecule has 176 valence electrons. The number of phenols is 1. The number of methoxy groups -OCH3 is 1. The van der Waals surface area contributed by atoms with Crippen LogP contribution >= 0.6 is 0 Å². The van der Waals surface area contributed by atoms with E-state index in [1.165, 1.54) is 13.2 Å². The number of esters is 1. The minimum Gasteiger partial charge on any atom is -0.508 e. The highest BCUT2D eigenvalue weighted by molar-refractivity contribution is 5.91. The maximum absolute atomic E-state index is 11.8. The Bertz CT molecular complexity index is 972. The van der Waals surface area contributed by atoms with Gasteiger partial charge in [0.15, 0.2) is 5.96 Å². The van der Waals surface area contributed by atoms with Crippen LogP contribution in [-0.2, 0) is 14.3 Å². The first-order valence-electron chi connectivity index (χ1n) is 10.5. The molecule has 9 heteroatoms. The lowest BCUT2D eigenvalue weighted by molar-refractivity contribution is -0.142. The Hall–Kier alpha value is -4.01. The number of para-hydroxylation sites is 1. The standard InChI is InChI=1S/C18H24N4O4.C6H6O/c1-25-17(24)14-11-26-15-6-4-12(10-13(14)15)5-7-16(23)21-8-2-3-9-22-18(19)20;7-6-4-2-1-3-5-6/h4-7,10,14H,2-3,8-9,11H2,1H3,(H,21,23)(H4,19,20,22);1-5,7H/b7-5+;. The van der Waals surface area contributed by atoms with Gasteiger partial charge in [-0.05, 0) is 48.7 Å². The molecule has 0 aromatic heterocycles. The fourth-order valence-corrected chi connectivity index (χ4v) is 2.99. The number of carbonyl (C=O) groups is 2. The third kappa shape index (κ3) is 8.94. The maximum Gasteiger partial charge on any atom is 0.316 e. The summed E-state index contributed by atoms with van der Waals surface area (Å²) < 4.78 is 10.3. The third-order valence-corrected chi connectivity index (χ3v) is 4.66. The molecular weight excluding hydrogens is 424 g/mol. The number of carbonyl (C=O) groups excluding carboxylic acids is 2. The molecule has 6 N–H and O–H groups in total. The minimum absolute atomic E-state index is 0.0751. The number of amides is 1. The molecule has 1 heterocycles. The monoisotopic (exact) mass is 454 g/mol. The number of nitrogens with one attached hydrogen (secondary N) is 1. The van der Waals surface area contributed by atoms with Gasteiger partial charge in [0.05, 0.1) is 7.11 Å². The molecule has 1 unspecified atom stereocenters. The molecule has 9 nitrogen and oxygen atoms in total. The molecule has 0 bridgehead atoms. The van der Waals surface area contributed by atoms with E-state index in [1.807, 2.05) is 18.2 Å². The van der Waals surface area contributed by atoms with E-state index in [1.54, 1.807) is 36.4 Å². The quantitative estimate of drug-likeness (QED) is 0.156. The Kier molecular flexibility index (Phi) is 10.3. The zero-order chi connectivity index (χ0) is 24.1. The van der Waals surface area contributed by atoms with Crippen molar-refractivity contribution in [1.82, 2.24) is 5.32 Å². The van der Waals surface area contributed by atoms with Crippen LogP contribution in [0.15, 0.2) is 59.6 Å². The van der Waals surface area contributed by atoms with E-state index >= 15 is 0 Å². The molecule has 0 spiro atoms. The molecule has 0 saturated heterocycles. The van der Waals surface area contributed by atoms with Crippen LogP contribution in [0.3, 0.4) is 0 Å². The number of benzene rings is 2. The van der Waals surface area contributed by atoms with Gasteiger partial charge in [0.1, 0.15) is 24.0 Å². The Labute approximate surface area is 193 Å². The fraction of sp³-hybridized carbons (Fsp3) is 0.292. The van der Waals surface area contributed by atoms with Gasteiger partial charge in [-0.1, -0.05) is 24.3 Å². The van der Waals surface area contributed by atoms with E-state index in [-0.39, 0.29) is 24.4 Å². The zero-order valence-corrected chi connectivity index (χ0v) is 18.6. The van der Waals surface area contributed by atoms with Crippen molar-refractivity contribution in [2.45, 2.75) is 18.8 Å². The zero-order valence-electron chi connectivity index (χ0n) is 18.6. The van der Waals surface area contributed by atoms with Gasteiger partial charge >= 0.3 is 5.97 Å². The molecule has 1 atom stereocenters. The Balaban J connectivity index is 0.000000468. The van der Waals surface area contributed by atoms with Crippen molar-refractivity contribution < 1.29 is 24.2 Å². The number of fused-ring (bicyclic) bond motifs is 1. The van der Waals surface area contributed by atoms with E-state index in [4.69, 9.17) is 26.0 Å². The van der Waals surface area contributed by atoms with Crippen LogP contribution in [0.4, 0.5) is 0 Å². The number of nitrogens with two attached hydrogens (primary N) is 2. The van der Waals surface area contributed by atoms with E-state index in [9.17, 15) is 9.59 Å². The molecule has 0 radical (unpaired) electrons. The number of ether oxygens (including phenoxy) is 2. The summed E-state index contributed by atoms with van der Waals surface area (Å²) in [4.78, 5) is 27.5. The van der Waals surface area contributed by atoms with Crippen LogP contribution in [0.1, 0.15) is 29.9 Å². The maximum atomic E-state index is 11.8. The van der Waals surface area contributed by atoms with Crippen molar-refractivity contribution in [3.63, 3.8) is 0 Å². The summed E-state index contributed by atoms with van der Waals surface area (Å²) in [6, 6.07) is 14.2. The van der Waals surface area contributed by atoms with Crippen molar-refractivity contribution in [2.24, 2.45) is 16.5 Å². The topological polar surface area (TPSA) is 149 Å². The molecule has 0 aliphatic carbocycles. The van der Waals surface area contributed by atoms with Crippen molar-refractivity contribution >= 4 is 23.9 Å². The van der Waals surface area contributed by atoms with Gasteiger partial charge in [-0.3, -0.25) is 14.6 Å². The lowest BCUT2D eigenvalue weighted by Crippen LogP contribution is -2.24. The molecule has 1 amide bonds. The highest BCUT2D eigenvalue weighted by atomic mass is 16.5. The number of nitrogens with zero attached hydrogens (tertiary/aromatic N) is 1. The number of phenolic OH excluding ortho intramolecular Hbond substituents is 1. The van der Waals surface area contributed by atoms with Gasteiger partial charge in [0, 0.05) is 24.7 Å². The van der Waals surface area contributed by atoms with Crippen molar-refractivity contribution in [3.8, 4) is 11.5 Å². The molecule has 0 fully saturated rings. The molecular formula is C24H30N4O5. The number of hydrogen-bond donors (Lipinski definition) is 4. The third-order valence-electron chi connectivity index (χ3n) is 4.66. The van der Waals surface area contributed by atoms with Gasteiger partial charge in [-0.25, -0.2) is 0 Å². The Morgan fingerprint density at radius 3 is 2.61 bits per heavy atom. The van der Waals surface area contributed by atoms with Crippen LogP contribution in [0, 0.1) is 0 Å². The van der Waals surface area contributed by atoms with Crippen LogP contribution in [0.25, 0.3) is 6.08 Å². The van der Waals surface area contributed by atoms with E-state index in [2.05, 4.69) is 10.3 Å². The lowest BCUT2D eigenvalue weighted by atomic mass is 9.99. The number of aliphatic imine (C=N–C) groups is 1. The highest BCUT2D eigenvalue weighted by Crippen LogP contribution is 2.35. The van der Waals surface area contributed by atoms with Crippen molar-refractivity contribution in [1.29, 1.82) is 0 Å². The van der Waals surface area contributed by atoms with Crippen molar-refractivity contribution in [3.05, 3.63) is 65.7 Å². The number of rotatable bonds is 8. The first-order chi connectivity index (χ1) is 15.9. The van der Waals surface area contributed by atoms with Crippen LogP contribution in [0.2, 0.25) is 0 Å². The summed E-state index contributed by atoms with van der Waals surface area (Å²) in [7, 11) is 1.35. The predicted molar refractivity (Wildman–Crippen MR) is 127 cm³/mol. The van der Waals surface area contributed by atoms with Crippen LogP contribution in [-0.4, -0.2) is 49.7 Å². The molecule has 3 rings (SSSR count). The SMILES string of the molecule is COC(=O)C1COc2ccc(/C=C/C(=O)NCCCCN=C(N)N)cc21.Oc1ccccc1. The fourth-order valence-electron chi connectivity index (χ4n) is 2.99. The van der Waals surface area contributed by atoms with Gasteiger partial charge in [-0.2, -0.15) is 0 Å². The number of unbranched alkanes of at least 4 members (excludes halogenated alkanes) is 1. The molecule has 1 aliphatic heterocycles. The highest BCUT2D eigenvalue weighted by Gasteiger charge is 2.31. The molecule has 1 aliphatic rings. The first-order valence-corrected chi connectivity index (χ1v) is 10.5. The largest absolute Gasteiger partial charge is 0.508 e. The van der Waals surface area contributed by atoms with Crippen LogP contribution < -0.4 is 21.5 Å². The van der Waals surface area contributed by atoms with E-state index in [0.717, 1.165) is 24.0 Å². The second-order valence-corrected chi connectivity index (χ2v) is 7.16. The van der Waals surface area contributed by atoms with E-state index in [0.29, 0.717) is 24.6 Å². The second-order valence-electron chi connectivity index (χ2n) is 7.16. The van der Waals surface area contributed by atoms with Gasteiger partial charge < -0.3 is 31.4 Å². The first kappa shape index (κ1) is 25.3. The summed E-state index contributed by atoms with van der Waals surface area (Å²) in [6.45, 7) is 1.37. The Morgan fingerprint density at radius 1 is 1.21 bits per heavy atom. The average Bonchev–Trinajstić information content (AvgIpc) is 3.23. The normalized spacial score (nSPS) is 13.8. The second kappa shape index (κ2) is 13.4. The summed E-state index contributed by atoms with van der Waals surface area (Å²) in [5.74, 6) is 0.121. The number of guanidine groups is 1. The molecule has 2 aromatic rings. The van der Waals surface area contributed by atoms with Crippen molar-refractivity contribution in [2.75, 3.05) is 26.8 Å². The molecule has 0 saturated carbocycles. The summed E-state index contributed by atoms with van der Waals surface area (Å²) >= 11 is 0. The van der Waals surface area contributed by atoms with E-state index < -0.39 is 5.92 Å². The smallest absolute Gasteiger partial charge is 0.316 e. The molecule has 33 heavy (non-hydrogen) atoms. The summed E-state index contributed by atoms with van der Waals surface area (Å²) in [5.41, 5.74) is 12.1. The summed E-state index contributed by atoms with van der Waals surface area (Å²) in [5, 5.41) is 11.4. The molecule has 2 aromatic carbocycles. The average molecular weight is 455 g/mol. The predicted octanol–water partition coefficient (Wildman–Crippen LogP) is 1.91. The van der Waals surface area contributed by atoms with Gasteiger partial charge in [-0.15, -0.1) is 0 Å².